The van der Waals surface area contributed by atoms with Crippen LogP contribution in [0.4, 0.5) is 0 Å². The zero-order valence-electron chi connectivity index (χ0n) is 36.7. The highest BCUT2D eigenvalue weighted by atomic mass is 16.5. The van der Waals surface area contributed by atoms with E-state index in [2.05, 4.69) is 92.1 Å². The predicted molar refractivity (Wildman–Crippen MR) is 243 cm³/mol. The van der Waals surface area contributed by atoms with Gasteiger partial charge in [0.15, 0.2) is 0 Å². The summed E-state index contributed by atoms with van der Waals surface area (Å²) in [5.41, 5.74) is 5.49. The molecular formula is C50H86N2O5. The lowest BCUT2D eigenvalue weighted by Crippen LogP contribution is -2.40. The summed E-state index contributed by atoms with van der Waals surface area (Å²) in [4.78, 5) is 36.4. The van der Waals surface area contributed by atoms with Crippen molar-refractivity contribution in [2.75, 3.05) is 6.54 Å². The number of ether oxygens (including phenoxy) is 1. The Bertz CT molecular complexity index is 1120. The van der Waals surface area contributed by atoms with Gasteiger partial charge in [0.25, 0.3) is 0 Å². The van der Waals surface area contributed by atoms with Crippen molar-refractivity contribution in [1.29, 1.82) is 0 Å². The topological polar surface area (TPSA) is 119 Å². The molecule has 1 amide bonds. The second kappa shape index (κ2) is 43.9. The van der Waals surface area contributed by atoms with Gasteiger partial charge in [-0.15, -0.1) is 0 Å². The van der Waals surface area contributed by atoms with Crippen molar-refractivity contribution < 1.29 is 24.2 Å². The number of allylic oxidation sites excluding steroid dienone is 12. The average Bonchev–Trinajstić information content (AvgIpc) is 3.20. The van der Waals surface area contributed by atoms with E-state index in [1.165, 1.54) is 70.6 Å². The number of hydrogen-bond acceptors (Lipinski definition) is 5. The normalized spacial score (nSPS) is 13.3. The monoisotopic (exact) mass is 795 g/mol. The number of carboxylic acid groups (broad SMARTS) is 1. The average molecular weight is 795 g/mol. The van der Waals surface area contributed by atoms with Gasteiger partial charge in [-0.3, -0.25) is 9.59 Å². The van der Waals surface area contributed by atoms with Crippen LogP contribution >= 0.6 is 0 Å². The van der Waals surface area contributed by atoms with Gasteiger partial charge >= 0.3 is 11.9 Å². The molecule has 57 heavy (non-hydrogen) atoms. The molecule has 0 spiro atoms. The number of rotatable bonds is 41. The quantitative estimate of drug-likeness (QED) is 0.0322. The van der Waals surface area contributed by atoms with Gasteiger partial charge < -0.3 is 20.9 Å². The fourth-order valence-corrected chi connectivity index (χ4v) is 6.53. The molecule has 0 saturated heterocycles. The third-order valence-electron chi connectivity index (χ3n) is 10.0. The molecule has 2 atom stereocenters. The molecule has 0 aliphatic heterocycles. The fraction of sp³-hybridized carbons (Fsp3) is 0.700. The maximum absolute atomic E-state index is 12.8. The SMILES string of the molecule is CC/C=C\C/C=C\C/C=C\C/C=C\CCC(CCCCCCCC(=O)NC(CCCN)C(=O)O)OC(=O)CCCCCCCCC/C=C\C/C=C\CCCCCC. The van der Waals surface area contributed by atoms with Gasteiger partial charge in [0.2, 0.25) is 5.91 Å². The van der Waals surface area contributed by atoms with Crippen LogP contribution in [0.25, 0.3) is 0 Å². The first kappa shape index (κ1) is 53.8. The second-order valence-electron chi connectivity index (χ2n) is 15.4. The molecule has 0 fully saturated rings. The van der Waals surface area contributed by atoms with Gasteiger partial charge in [0, 0.05) is 12.8 Å². The predicted octanol–water partition coefficient (Wildman–Crippen LogP) is 13.5. The van der Waals surface area contributed by atoms with Crippen LogP contribution in [0.1, 0.15) is 206 Å². The van der Waals surface area contributed by atoms with E-state index >= 15 is 0 Å². The summed E-state index contributed by atoms with van der Waals surface area (Å²) >= 11 is 0. The number of nitrogens with two attached hydrogens (primary N) is 1. The van der Waals surface area contributed by atoms with E-state index < -0.39 is 12.0 Å². The van der Waals surface area contributed by atoms with E-state index in [0.717, 1.165) is 96.3 Å². The molecule has 0 heterocycles. The molecule has 0 aliphatic carbocycles. The molecule has 0 saturated carbocycles. The Hall–Kier alpha value is -3.19. The zero-order chi connectivity index (χ0) is 41.7. The summed E-state index contributed by atoms with van der Waals surface area (Å²) in [5.74, 6) is -1.30. The molecule has 0 aromatic heterocycles. The molecule has 7 heteroatoms. The number of esters is 1. The number of carboxylic acids is 1. The van der Waals surface area contributed by atoms with Crippen LogP contribution in [-0.2, 0) is 19.1 Å². The van der Waals surface area contributed by atoms with Gasteiger partial charge in [-0.2, -0.15) is 0 Å². The summed E-state index contributed by atoms with van der Waals surface area (Å²) in [6, 6.07) is -0.868. The van der Waals surface area contributed by atoms with E-state index in [4.69, 9.17) is 10.5 Å². The van der Waals surface area contributed by atoms with E-state index in [-0.39, 0.29) is 18.0 Å². The molecule has 4 N–H and O–H groups in total. The summed E-state index contributed by atoms with van der Waals surface area (Å²) in [6.45, 7) is 4.81. The maximum Gasteiger partial charge on any atom is 0.326 e. The Balaban J connectivity index is 4.42. The molecule has 0 bridgehead atoms. The van der Waals surface area contributed by atoms with Gasteiger partial charge in [-0.25, -0.2) is 4.79 Å². The van der Waals surface area contributed by atoms with Crippen LogP contribution in [0.2, 0.25) is 0 Å². The molecule has 0 aromatic carbocycles. The molecule has 2 unspecified atom stereocenters. The third kappa shape index (κ3) is 40.8. The van der Waals surface area contributed by atoms with Crippen LogP contribution in [0.15, 0.2) is 72.9 Å². The van der Waals surface area contributed by atoms with Crippen molar-refractivity contribution in [3.63, 3.8) is 0 Å². The number of amides is 1. The zero-order valence-corrected chi connectivity index (χ0v) is 36.7. The molecule has 0 rings (SSSR count). The Labute approximate surface area is 350 Å². The molecule has 326 valence electrons. The maximum atomic E-state index is 12.8. The van der Waals surface area contributed by atoms with E-state index in [9.17, 15) is 19.5 Å². The lowest BCUT2D eigenvalue weighted by molar-refractivity contribution is -0.150. The van der Waals surface area contributed by atoms with Crippen molar-refractivity contribution >= 4 is 17.8 Å². The van der Waals surface area contributed by atoms with Crippen molar-refractivity contribution in [2.24, 2.45) is 5.73 Å². The lowest BCUT2D eigenvalue weighted by atomic mass is 10.0. The van der Waals surface area contributed by atoms with Crippen LogP contribution < -0.4 is 11.1 Å². The Kier molecular flexibility index (Phi) is 41.5. The number of hydrogen-bond donors (Lipinski definition) is 3. The second-order valence-corrected chi connectivity index (χ2v) is 15.4. The Morgan fingerprint density at radius 3 is 1.54 bits per heavy atom. The lowest BCUT2D eigenvalue weighted by Gasteiger charge is -2.17. The Morgan fingerprint density at radius 2 is 1.00 bits per heavy atom. The van der Waals surface area contributed by atoms with E-state index in [0.29, 0.717) is 32.2 Å². The number of nitrogens with one attached hydrogen (secondary N) is 1. The largest absolute Gasteiger partial charge is 0.480 e. The summed E-state index contributed by atoms with van der Waals surface area (Å²) < 4.78 is 6.02. The minimum absolute atomic E-state index is 0.0691. The molecule has 0 aromatic rings. The summed E-state index contributed by atoms with van der Waals surface area (Å²) in [5, 5.41) is 11.9. The highest BCUT2D eigenvalue weighted by molar-refractivity contribution is 5.83. The van der Waals surface area contributed by atoms with Crippen molar-refractivity contribution in [3.05, 3.63) is 72.9 Å². The van der Waals surface area contributed by atoms with Crippen LogP contribution in [0.5, 0.6) is 0 Å². The first-order chi connectivity index (χ1) is 27.9. The number of aliphatic carboxylic acids is 1. The highest BCUT2D eigenvalue weighted by Gasteiger charge is 2.19. The number of unbranched alkanes of at least 4 members (excludes halogenated alkanes) is 15. The molecule has 0 aliphatic rings. The van der Waals surface area contributed by atoms with Gasteiger partial charge in [0.1, 0.15) is 12.1 Å². The van der Waals surface area contributed by atoms with Gasteiger partial charge in [-0.1, -0.05) is 157 Å². The Morgan fingerprint density at radius 1 is 0.526 bits per heavy atom. The highest BCUT2D eigenvalue weighted by Crippen LogP contribution is 2.17. The molecular weight excluding hydrogens is 709 g/mol. The van der Waals surface area contributed by atoms with Crippen molar-refractivity contribution in [3.8, 4) is 0 Å². The molecule has 0 radical (unpaired) electrons. The van der Waals surface area contributed by atoms with Crippen LogP contribution in [0, 0.1) is 0 Å². The van der Waals surface area contributed by atoms with Crippen molar-refractivity contribution in [2.45, 2.75) is 219 Å². The minimum Gasteiger partial charge on any atom is -0.480 e. The van der Waals surface area contributed by atoms with E-state index in [1.54, 1.807) is 0 Å². The summed E-state index contributed by atoms with van der Waals surface area (Å²) in [6.07, 6.45) is 56.6. The van der Waals surface area contributed by atoms with Gasteiger partial charge in [-0.05, 0) is 116 Å². The first-order valence-corrected chi connectivity index (χ1v) is 23.3. The third-order valence-corrected chi connectivity index (χ3v) is 10.0. The van der Waals surface area contributed by atoms with Crippen LogP contribution in [-0.4, -0.2) is 41.6 Å². The fourth-order valence-electron chi connectivity index (χ4n) is 6.53. The molecule has 7 nitrogen and oxygen atoms in total. The first-order valence-electron chi connectivity index (χ1n) is 23.3. The van der Waals surface area contributed by atoms with Gasteiger partial charge in [0.05, 0.1) is 0 Å². The van der Waals surface area contributed by atoms with E-state index in [1.807, 2.05) is 0 Å². The number of carbonyl (C=O) groups is 3. The van der Waals surface area contributed by atoms with Crippen molar-refractivity contribution in [1.82, 2.24) is 5.32 Å². The summed E-state index contributed by atoms with van der Waals surface area (Å²) in [7, 11) is 0. The van der Waals surface area contributed by atoms with Crippen LogP contribution in [0.3, 0.4) is 0 Å². The smallest absolute Gasteiger partial charge is 0.326 e. The number of carbonyl (C=O) groups excluding carboxylic acids is 2. The minimum atomic E-state index is -1.01. The standard InChI is InChI=1S/C50H86N2O5/c1-3-5-7-9-11-13-15-17-18-19-20-21-23-25-27-29-34-38-44-49(54)57-46(40-35-31-28-26-24-22-16-14-12-10-8-6-4-2)41-36-32-30-33-37-43-48(53)52-47(50(55)56)42-39-45-51/h6,8,12-15,18-19,22,24,28,31,46-47H,3-5,7,9-11,16-17,20-21,23,25-27,29-30,32-45,51H2,1-2H3,(H,52,53)(H,55,56)/b8-6-,14-12-,15-13-,19-18-,24-22-,31-28-.